The van der Waals surface area contributed by atoms with Crippen molar-refractivity contribution in [3.63, 3.8) is 0 Å². The van der Waals surface area contributed by atoms with Crippen molar-refractivity contribution in [3.05, 3.63) is 0 Å². The molecule has 0 aromatic carbocycles. The Hall–Kier alpha value is -2.16. The van der Waals surface area contributed by atoms with E-state index in [-0.39, 0.29) is 24.7 Å². The normalized spacial score (nSPS) is 10.4. The standard InChI is InChI=1S/C16H31NO4.C16H31NO3/c1-2-3-4-5-6-7-9-12-15(18)17-14-11-8-10-13-16(19)21-20;1-2-3-4-5-6-7-9-12-15(18)17-14-11-8-10-13-16(19)20/h20H,2-14H2,1H3,(H,17,18);2-14H2,1H3,(H,17,18)(H,19,20). The summed E-state index contributed by atoms with van der Waals surface area (Å²) in [6, 6.07) is 0. The van der Waals surface area contributed by atoms with Crippen LogP contribution in [0.1, 0.15) is 168 Å². The summed E-state index contributed by atoms with van der Waals surface area (Å²) in [5.74, 6) is -1.08. The molecule has 0 saturated heterocycles. The highest BCUT2D eigenvalue weighted by atomic mass is 17.1. The van der Waals surface area contributed by atoms with Crippen LogP contribution in [0.4, 0.5) is 0 Å². The molecular formula is C32H62N2O7. The second-order valence-corrected chi connectivity index (χ2v) is 10.9. The Labute approximate surface area is 249 Å². The predicted octanol–water partition coefficient (Wildman–Crippen LogP) is 7.71. The van der Waals surface area contributed by atoms with Crippen LogP contribution in [0.5, 0.6) is 0 Å². The van der Waals surface area contributed by atoms with Crippen molar-refractivity contribution in [2.75, 3.05) is 13.1 Å². The summed E-state index contributed by atoms with van der Waals surface area (Å²) < 4.78 is 0. The van der Waals surface area contributed by atoms with Gasteiger partial charge in [0, 0.05) is 38.8 Å². The summed E-state index contributed by atoms with van der Waals surface area (Å²) in [4.78, 5) is 47.6. The number of carbonyl (C=O) groups is 4. The van der Waals surface area contributed by atoms with Gasteiger partial charge in [-0.1, -0.05) is 104 Å². The first-order valence-electron chi connectivity index (χ1n) is 16.5. The zero-order valence-electron chi connectivity index (χ0n) is 26.3. The van der Waals surface area contributed by atoms with E-state index in [1.807, 2.05) is 0 Å². The second-order valence-electron chi connectivity index (χ2n) is 10.9. The molecule has 0 rings (SSSR count). The topological polar surface area (TPSA) is 142 Å². The van der Waals surface area contributed by atoms with Crippen molar-refractivity contribution in [2.24, 2.45) is 0 Å². The van der Waals surface area contributed by atoms with Crippen molar-refractivity contribution in [1.29, 1.82) is 0 Å². The molecule has 9 heteroatoms. The van der Waals surface area contributed by atoms with Crippen LogP contribution in [0.15, 0.2) is 0 Å². The van der Waals surface area contributed by atoms with Crippen LogP contribution in [0.25, 0.3) is 0 Å². The lowest BCUT2D eigenvalue weighted by Crippen LogP contribution is -2.24. The lowest BCUT2D eigenvalue weighted by Gasteiger charge is -2.05. The molecule has 0 unspecified atom stereocenters. The van der Waals surface area contributed by atoms with Gasteiger partial charge < -0.3 is 20.6 Å². The average Bonchev–Trinajstić information content (AvgIpc) is 2.95. The Balaban J connectivity index is 0. The van der Waals surface area contributed by atoms with Crippen molar-refractivity contribution < 1.29 is 34.4 Å². The Morgan fingerprint density at radius 2 is 0.829 bits per heavy atom. The van der Waals surface area contributed by atoms with Gasteiger partial charge in [0.1, 0.15) is 0 Å². The number of hydrogen-bond donors (Lipinski definition) is 4. The fourth-order valence-electron chi connectivity index (χ4n) is 4.31. The number of carboxylic acids is 1. The van der Waals surface area contributed by atoms with E-state index in [1.165, 1.54) is 64.2 Å². The van der Waals surface area contributed by atoms with Crippen LogP contribution in [-0.2, 0) is 24.1 Å². The Kier molecular flexibility index (Phi) is 34.0. The Bertz CT molecular complexity index is 629. The summed E-state index contributed by atoms with van der Waals surface area (Å²) in [7, 11) is 0. The summed E-state index contributed by atoms with van der Waals surface area (Å²) in [6.45, 7) is 5.76. The predicted molar refractivity (Wildman–Crippen MR) is 165 cm³/mol. The Morgan fingerprint density at radius 1 is 0.488 bits per heavy atom. The average molecular weight is 587 g/mol. The lowest BCUT2D eigenvalue weighted by atomic mass is 10.1. The zero-order valence-corrected chi connectivity index (χ0v) is 26.3. The van der Waals surface area contributed by atoms with E-state index in [4.69, 9.17) is 10.4 Å². The smallest absolute Gasteiger partial charge is 0.342 e. The second kappa shape index (κ2) is 34.0. The molecule has 0 aliphatic rings. The molecule has 0 fully saturated rings. The molecular weight excluding hydrogens is 524 g/mol. The highest BCUT2D eigenvalue weighted by Gasteiger charge is 2.03. The van der Waals surface area contributed by atoms with Gasteiger partial charge in [-0.2, -0.15) is 5.26 Å². The molecule has 0 spiro atoms. The van der Waals surface area contributed by atoms with Gasteiger partial charge in [-0.3, -0.25) is 14.4 Å². The monoisotopic (exact) mass is 586 g/mol. The van der Waals surface area contributed by atoms with E-state index in [1.54, 1.807) is 0 Å². The van der Waals surface area contributed by atoms with Crippen LogP contribution in [-0.4, -0.2) is 47.2 Å². The first kappa shape index (κ1) is 41.0. The van der Waals surface area contributed by atoms with Gasteiger partial charge in [-0.05, 0) is 38.5 Å². The zero-order chi connectivity index (χ0) is 30.8. The third-order valence-corrected chi connectivity index (χ3v) is 6.89. The highest BCUT2D eigenvalue weighted by Crippen LogP contribution is 2.09. The maximum atomic E-state index is 11.5. The van der Waals surface area contributed by atoms with Gasteiger partial charge in [0.05, 0.1) is 0 Å². The van der Waals surface area contributed by atoms with Gasteiger partial charge in [-0.25, -0.2) is 4.79 Å². The summed E-state index contributed by atoms with van der Waals surface area (Å²) in [6.07, 6.45) is 23.6. The van der Waals surface area contributed by atoms with Crippen molar-refractivity contribution in [3.8, 4) is 0 Å². The third-order valence-electron chi connectivity index (χ3n) is 6.89. The molecule has 4 N–H and O–H groups in total. The molecule has 0 saturated carbocycles. The molecule has 9 nitrogen and oxygen atoms in total. The van der Waals surface area contributed by atoms with E-state index >= 15 is 0 Å². The molecule has 0 aromatic heterocycles. The molecule has 0 aromatic rings. The number of hydrogen-bond acceptors (Lipinski definition) is 6. The summed E-state index contributed by atoms with van der Waals surface area (Å²) >= 11 is 0. The van der Waals surface area contributed by atoms with E-state index in [0.717, 1.165) is 51.4 Å². The van der Waals surface area contributed by atoms with Gasteiger partial charge in [0.15, 0.2) is 0 Å². The minimum absolute atomic E-state index is 0.123. The summed E-state index contributed by atoms with van der Waals surface area (Å²) in [5.41, 5.74) is 0. The van der Waals surface area contributed by atoms with E-state index in [2.05, 4.69) is 29.4 Å². The minimum atomic E-state index is -0.743. The molecule has 0 aliphatic heterocycles. The number of aliphatic carboxylic acids is 1. The number of rotatable bonds is 28. The fourth-order valence-corrected chi connectivity index (χ4v) is 4.31. The molecule has 0 aliphatic carbocycles. The number of nitrogens with one attached hydrogen (secondary N) is 2. The lowest BCUT2D eigenvalue weighted by molar-refractivity contribution is -0.234. The molecule has 41 heavy (non-hydrogen) atoms. The molecule has 0 atom stereocenters. The van der Waals surface area contributed by atoms with Crippen LogP contribution in [0.2, 0.25) is 0 Å². The van der Waals surface area contributed by atoms with Crippen LogP contribution in [0.3, 0.4) is 0 Å². The molecule has 0 heterocycles. The van der Waals surface area contributed by atoms with Gasteiger partial charge in [0.2, 0.25) is 11.8 Å². The maximum Gasteiger partial charge on any atom is 0.342 e. The van der Waals surface area contributed by atoms with E-state index in [0.29, 0.717) is 38.8 Å². The number of amides is 2. The van der Waals surface area contributed by atoms with Crippen LogP contribution in [0, 0.1) is 0 Å². The van der Waals surface area contributed by atoms with E-state index in [9.17, 15) is 19.2 Å². The number of unbranched alkanes of at least 4 members (excludes halogenated alkanes) is 16. The van der Waals surface area contributed by atoms with Crippen molar-refractivity contribution in [2.45, 2.75) is 168 Å². The molecule has 0 radical (unpaired) electrons. The van der Waals surface area contributed by atoms with Gasteiger partial charge in [-0.15, -0.1) is 0 Å². The minimum Gasteiger partial charge on any atom is -0.481 e. The maximum absolute atomic E-state index is 11.5. The van der Waals surface area contributed by atoms with Crippen LogP contribution >= 0.6 is 0 Å². The summed E-state index contributed by atoms with van der Waals surface area (Å²) in [5, 5.41) is 22.3. The first-order chi connectivity index (χ1) is 19.9. The van der Waals surface area contributed by atoms with Crippen molar-refractivity contribution >= 4 is 23.8 Å². The van der Waals surface area contributed by atoms with Crippen LogP contribution < -0.4 is 10.6 Å². The largest absolute Gasteiger partial charge is 0.481 e. The quantitative estimate of drug-likeness (QED) is 0.0418. The third kappa shape index (κ3) is 37.8. The Morgan fingerprint density at radius 3 is 1.22 bits per heavy atom. The molecule has 0 bridgehead atoms. The first-order valence-corrected chi connectivity index (χ1v) is 16.5. The van der Waals surface area contributed by atoms with Gasteiger partial charge >= 0.3 is 11.9 Å². The molecule has 2 amide bonds. The SMILES string of the molecule is CCCCCCCCCC(=O)NCCCCCC(=O)O.CCCCCCCCCC(=O)NCCCCCC(=O)OO. The van der Waals surface area contributed by atoms with Crippen molar-refractivity contribution in [1.82, 2.24) is 10.6 Å². The highest BCUT2D eigenvalue weighted by molar-refractivity contribution is 5.76. The van der Waals surface area contributed by atoms with E-state index < -0.39 is 11.9 Å². The number of carboxylic acid groups (broad SMARTS) is 1. The fraction of sp³-hybridized carbons (Fsp3) is 0.875. The number of carbonyl (C=O) groups excluding carboxylic acids is 3. The van der Waals surface area contributed by atoms with Gasteiger partial charge in [0.25, 0.3) is 0 Å². The molecule has 242 valence electrons.